The van der Waals surface area contributed by atoms with Crippen LogP contribution in [0.2, 0.25) is 0 Å². The second-order valence-electron chi connectivity index (χ2n) is 8.13. The van der Waals surface area contributed by atoms with Gasteiger partial charge in [-0.05, 0) is 34.5 Å². The van der Waals surface area contributed by atoms with E-state index in [2.05, 4.69) is 73.2 Å². The number of nitrogens with one attached hydrogen (secondary N) is 1. The first-order valence-electron chi connectivity index (χ1n) is 10.5. The van der Waals surface area contributed by atoms with Crippen molar-refractivity contribution < 1.29 is 9.90 Å². The van der Waals surface area contributed by atoms with Crippen LogP contribution in [0.25, 0.3) is 21.7 Å². The number of hydrogen-bond acceptors (Lipinski definition) is 3. The molecule has 0 saturated carbocycles. The Morgan fingerprint density at radius 2 is 1.77 bits per heavy atom. The van der Waals surface area contributed by atoms with Crippen molar-refractivity contribution >= 4 is 43.6 Å². The Labute approximate surface area is 189 Å². The van der Waals surface area contributed by atoms with E-state index >= 15 is 0 Å². The van der Waals surface area contributed by atoms with Crippen LogP contribution in [0.1, 0.15) is 17.2 Å². The van der Waals surface area contributed by atoms with Crippen molar-refractivity contribution in [3.63, 3.8) is 0 Å². The lowest BCUT2D eigenvalue weighted by Crippen LogP contribution is -2.48. The standard InChI is InChI=1S/C25H24BrN3O2/c26-19-8-9-23-21(14-19)22(15-27-23)24(25(30)31)29-12-10-28(11-13-29)16-18-6-3-5-17-4-1-2-7-20(17)18/h1-9,14-15,24,27H,10-13,16H2,(H,30,31). The third-order valence-corrected chi connectivity index (χ3v) is 6.74. The van der Waals surface area contributed by atoms with E-state index in [0.717, 1.165) is 53.7 Å². The van der Waals surface area contributed by atoms with Crippen LogP contribution in [0.3, 0.4) is 0 Å². The Morgan fingerprint density at radius 1 is 1.00 bits per heavy atom. The van der Waals surface area contributed by atoms with Gasteiger partial charge in [0.1, 0.15) is 6.04 Å². The fourth-order valence-corrected chi connectivity index (χ4v) is 5.04. The van der Waals surface area contributed by atoms with Crippen LogP contribution >= 0.6 is 15.9 Å². The Morgan fingerprint density at radius 3 is 2.58 bits per heavy atom. The Bertz CT molecular complexity index is 1240. The molecule has 0 bridgehead atoms. The van der Waals surface area contributed by atoms with Gasteiger partial charge in [-0.15, -0.1) is 0 Å². The van der Waals surface area contributed by atoms with Crippen LogP contribution in [0.4, 0.5) is 0 Å². The molecule has 3 aromatic carbocycles. The van der Waals surface area contributed by atoms with Gasteiger partial charge in [-0.3, -0.25) is 14.6 Å². The number of carbonyl (C=O) groups is 1. The molecule has 0 aliphatic carbocycles. The molecule has 5 nitrogen and oxygen atoms in total. The molecule has 0 radical (unpaired) electrons. The van der Waals surface area contributed by atoms with Gasteiger partial charge >= 0.3 is 5.97 Å². The lowest BCUT2D eigenvalue weighted by Gasteiger charge is -2.37. The van der Waals surface area contributed by atoms with Gasteiger partial charge in [-0.1, -0.05) is 58.4 Å². The van der Waals surface area contributed by atoms with E-state index < -0.39 is 12.0 Å². The molecule has 2 N–H and O–H groups in total. The van der Waals surface area contributed by atoms with E-state index in [1.807, 2.05) is 24.4 Å². The summed E-state index contributed by atoms with van der Waals surface area (Å²) in [5.74, 6) is -0.802. The molecule has 4 aromatic rings. The molecule has 0 amide bonds. The first-order valence-corrected chi connectivity index (χ1v) is 11.3. The van der Waals surface area contributed by atoms with E-state index in [4.69, 9.17) is 0 Å². The number of hydrogen-bond donors (Lipinski definition) is 2. The molecule has 158 valence electrons. The topological polar surface area (TPSA) is 59.6 Å². The molecular weight excluding hydrogens is 454 g/mol. The molecule has 1 aliphatic rings. The van der Waals surface area contributed by atoms with Gasteiger partial charge in [0.05, 0.1) is 0 Å². The summed E-state index contributed by atoms with van der Waals surface area (Å²) in [7, 11) is 0. The predicted molar refractivity (Wildman–Crippen MR) is 127 cm³/mol. The third kappa shape index (κ3) is 3.99. The van der Waals surface area contributed by atoms with Crippen molar-refractivity contribution in [1.29, 1.82) is 0 Å². The van der Waals surface area contributed by atoms with Crippen molar-refractivity contribution in [1.82, 2.24) is 14.8 Å². The highest BCUT2D eigenvalue weighted by molar-refractivity contribution is 9.10. The zero-order valence-electron chi connectivity index (χ0n) is 17.1. The van der Waals surface area contributed by atoms with Gasteiger partial charge < -0.3 is 10.1 Å². The van der Waals surface area contributed by atoms with Crippen LogP contribution in [0.15, 0.2) is 71.3 Å². The van der Waals surface area contributed by atoms with Gasteiger partial charge in [0, 0.05) is 59.9 Å². The quantitative estimate of drug-likeness (QED) is 0.423. The molecule has 1 atom stereocenters. The predicted octanol–water partition coefficient (Wildman–Crippen LogP) is 5.03. The van der Waals surface area contributed by atoms with Gasteiger partial charge in [-0.25, -0.2) is 0 Å². The minimum atomic E-state index is -0.802. The molecule has 5 rings (SSSR count). The summed E-state index contributed by atoms with van der Waals surface area (Å²) in [6.45, 7) is 4.02. The van der Waals surface area contributed by atoms with Crippen molar-refractivity contribution in [2.24, 2.45) is 0 Å². The van der Waals surface area contributed by atoms with Crippen molar-refractivity contribution in [3.8, 4) is 0 Å². The first kappa shape index (κ1) is 20.2. The van der Waals surface area contributed by atoms with Gasteiger partial charge in [0.2, 0.25) is 0 Å². The van der Waals surface area contributed by atoms with Crippen molar-refractivity contribution in [2.75, 3.05) is 26.2 Å². The molecular formula is C25H24BrN3O2. The lowest BCUT2D eigenvalue weighted by molar-refractivity contribution is -0.144. The minimum absolute atomic E-state index is 0.650. The first-order chi connectivity index (χ1) is 15.1. The number of fused-ring (bicyclic) bond motifs is 2. The van der Waals surface area contributed by atoms with Crippen molar-refractivity contribution in [3.05, 3.63) is 82.5 Å². The molecule has 1 saturated heterocycles. The van der Waals surface area contributed by atoms with Crippen molar-refractivity contribution in [2.45, 2.75) is 12.6 Å². The molecule has 31 heavy (non-hydrogen) atoms. The maximum atomic E-state index is 12.3. The monoisotopic (exact) mass is 477 g/mol. The second kappa shape index (κ2) is 8.46. The molecule has 0 spiro atoms. The van der Waals surface area contributed by atoms with E-state index in [0.29, 0.717) is 0 Å². The number of aliphatic carboxylic acids is 1. The molecule has 1 unspecified atom stereocenters. The highest BCUT2D eigenvalue weighted by atomic mass is 79.9. The number of H-pyrrole nitrogens is 1. The van der Waals surface area contributed by atoms with Crippen LogP contribution in [-0.2, 0) is 11.3 Å². The number of aromatic amines is 1. The summed E-state index contributed by atoms with van der Waals surface area (Å²) in [6.07, 6.45) is 1.85. The number of aromatic nitrogens is 1. The normalized spacial score (nSPS) is 16.7. The molecule has 1 fully saturated rings. The number of piperazine rings is 1. The fraction of sp³-hybridized carbons (Fsp3) is 0.240. The van der Waals surface area contributed by atoms with E-state index in [1.165, 1.54) is 16.3 Å². The number of rotatable bonds is 5. The molecule has 1 aromatic heterocycles. The Balaban J connectivity index is 1.33. The maximum Gasteiger partial charge on any atom is 0.325 e. The van der Waals surface area contributed by atoms with Gasteiger partial charge in [0.15, 0.2) is 0 Å². The van der Waals surface area contributed by atoms with E-state index in [-0.39, 0.29) is 0 Å². The summed E-state index contributed by atoms with van der Waals surface area (Å²) in [6, 6.07) is 20.2. The average Bonchev–Trinajstić information content (AvgIpc) is 3.18. The SMILES string of the molecule is O=C(O)C(c1c[nH]c2ccc(Br)cc12)N1CCN(Cc2cccc3ccccc23)CC1. The average molecular weight is 478 g/mol. The smallest absolute Gasteiger partial charge is 0.325 e. The summed E-state index contributed by atoms with van der Waals surface area (Å²) >= 11 is 3.51. The van der Waals surface area contributed by atoms with Crippen LogP contribution in [-0.4, -0.2) is 52.0 Å². The zero-order valence-corrected chi connectivity index (χ0v) is 18.7. The highest BCUT2D eigenvalue weighted by Crippen LogP contribution is 2.31. The second-order valence-corrected chi connectivity index (χ2v) is 9.04. The maximum absolute atomic E-state index is 12.3. The van der Waals surface area contributed by atoms with Crippen LogP contribution < -0.4 is 0 Å². The number of nitrogens with zero attached hydrogens (tertiary/aromatic N) is 2. The molecule has 1 aliphatic heterocycles. The number of carboxylic acid groups (broad SMARTS) is 1. The summed E-state index contributed by atoms with van der Waals surface area (Å²) in [5, 5.41) is 13.6. The number of halogens is 1. The van der Waals surface area contributed by atoms with Crippen LogP contribution in [0.5, 0.6) is 0 Å². The summed E-state index contributed by atoms with van der Waals surface area (Å²) in [5.41, 5.74) is 3.10. The van der Waals surface area contributed by atoms with E-state index in [1.54, 1.807) is 0 Å². The fourth-order valence-electron chi connectivity index (χ4n) is 4.68. The summed E-state index contributed by atoms with van der Waals surface area (Å²) < 4.78 is 0.949. The van der Waals surface area contributed by atoms with E-state index in [9.17, 15) is 9.90 Å². The zero-order chi connectivity index (χ0) is 21.4. The van der Waals surface area contributed by atoms with Gasteiger partial charge in [0.25, 0.3) is 0 Å². The molecule has 2 heterocycles. The third-order valence-electron chi connectivity index (χ3n) is 6.25. The number of benzene rings is 3. The summed E-state index contributed by atoms with van der Waals surface area (Å²) in [4.78, 5) is 20.0. The Kier molecular flexibility index (Phi) is 5.52. The Hall–Kier alpha value is -2.67. The number of carboxylic acids is 1. The highest BCUT2D eigenvalue weighted by Gasteiger charge is 2.32. The lowest BCUT2D eigenvalue weighted by atomic mass is 10.0. The van der Waals surface area contributed by atoms with Crippen LogP contribution in [0, 0.1) is 0 Å². The minimum Gasteiger partial charge on any atom is -0.480 e. The molecule has 6 heteroatoms. The largest absolute Gasteiger partial charge is 0.480 e. The van der Waals surface area contributed by atoms with Gasteiger partial charge in [-0.2, -0.15) is 0 Å².